The van der Waals surface area contributed by atoms with Crippen molar-refractivity contribution in [3.63, 3.8) is 0 Å². The molecule has 28 heavy (non-hydrogen) atoms. The van der Waals surface area contributed by atoms with Crippen LogP contribution < -0.4 is 9.04 Å². The highest BCUT2D eigenvalue weighted by atomic mass is 35.5. The molecule has 0 aliphatic carbocycles. The van der Waals surface area contributed by atoms with Crippen LogP contribution in [0.15, 0.2) is 77.7 Å². The number of benzene rings is 3. The summed E-state index contributed by atoms with van der Waals surface area (Å²) in [4.78, 5) is 0.187. The van der Waals surface area contributed by atoms with E-state index in [2.05, 4.69) is 0 Å². The maximum atomic E-state index is 13.5. The Morgan fingerprint density at radius 3 is 2.00 bits per heavy atom. The Labute approximate surface area is 171 Å². The second-order valence-electron chi connectivity index (χ2n) is 6.54. The highest BCUT2D eigenvalue weighted by Crippen LogP contribution is 2.34. The van der Waals surface area contributed by atoms with Crippen LogP contribution in [0.2, 0.25) is 5.02 Å². The molecule has 3 aromatic rings. The summed E-state index contributed by atoms with van der Waals surface area (Å²) >= 11 is 5.94. The highest BCUT2D eigenvalue weighted by molar-refractivity contribution is 7.92. The van der Waals surface area contributed by atoms with Crippen molar-refractivity contribution in [3.05, 3.63) is 88.9 Å². The van der Waals surface area contributed by atoms with Crippen LogP contribution in [0, 0.1) is 6.92 Å². The van der Waals surface area contributed by atoms with Crippen molar-refractivity contribution < 1.29 is 13.2 Å². The van der Waals surface area contributed by atoms with E-state index in [4.69, 9.17) is 16.3 Å². The van der Waals surface area contributed by atoms with Gasteiger partial charge in [0.05, 0.1) is 23.7 Å². The van der Waals surface area contributed by atoms with Crippen LogP contribution in [0.4, 0.5) is 5.69 Å². The first kappa shape index (κ1) is 20.2. The summed E-state index contributed by atoms with van der Waals surface area (Å²) in [5.74, 6) is 0.663. The fourth-order valence-electron chi connectivity index (χ4n) is 3.00. The monoisotopic (exact) mass is 415 g/mol. The van der Waals surface area contributed by atoms with Crippen LogP contribution in [0.5, 0.6) is 5.75 Å². The average Bonchev–Trinajstić information content (AvgIpc) is 2.69. The summed E-state index contributed by atoms with van der Waals surface area (Å²) in [6.07, 6.45) is 0. The molecule has 0 radical (unpaired) electrons. The molecule has 0 N–H and O–H groups in total. The lowest BCUT2D eigenvalue weighted by atomic mass is 10.1. The van der Waals surface area contributed by atoms with Crippen molar-refractivity contribution in [1.82, 2.24) is 0 Å². The van der Waals surface area contributed by atoms with Crippen molar-refractivity contribution in [2.24, 2.45) is 0 Å². The molecule has 0 aliphatic heterocycles. The van der Waals surface area contributed by atoms with Gasteiger partial charge in [0.1, 0.15) is 5.75 Å². The number of sulfonamides is 1. The Kier molecular flexibility index (Phi) is 5.96. The van der Waals surface area contributed by atoms with Gasteiger partial charge in [-0.3, -0.25) is 4.31 Å². The summed E-state index contributed by atoms with van der Waals surface area (Å²) in [5.41, 5.74) is 2.58. The number of aryl methyl sites for hydroxylation is 1. The minimum absolute atomic E-state index is 0.187. The van der Waals surface area contributed by atoms with Crippen molar-refractivity contribution in [2.75, 3.05) is 11.4 Å². The molecule has 6 heteroatoms. The molecule has 4 nitrogen and oxygen atoms in total. The number of methoxy groups -OCH3 is 1. The third-order valence-electron chi connectivity index (χ3n) is 4.61. The van der Waals surface area contributed by atoms with Gasteiger partial charge < -0.3 is 4.74 Å². The molecule has 0 amide bonds. The van der Waals surface area contributed by atoms with Crippen molar-refractivity contribution in [1.29, 1.82) is 0 Å². The van der Waals surface area contributed by atoms with E-state index in [-0.39, 0.29) is 4.90 Å². The molecule has 0 aromatic heterocycles. The summed E-state index contributed by atoms with van der Waals surface area (Å²) in [6, 6.07) is 20.7. The van der Waals surface area contributed by atoms with Crippen LogP contribution >= 0.6 is 11.6 Å². The Hall–Kier alpha value is -2.50. The molecule has 0 heterocycles. The van der Waals surface area contributed by atoms with Gasteiger partial charge in [-0.15, -0.1) is 0 Å². The van der Waals surface area contributed by atoms with Crippen LogP contribution in [-0.4, -0.2) is 15.5 Å². The molecule has 0 fully saturated rings. The van der Waals surface area contributed by atoms with E-state index in [0.29, 0.717) is 16.5 Å². The molecular formula is C22H22ClNO3S. The smallest absolute Gasteiger partial charge is 0.264 e. The molecular weight excluding hydrogens is 394 g/mol. The summed E-state index contributed by atoms with van der Waals surface area (Å²) < 4.78 is 33.7. The molecule has 1 unspecified atom stereocenters. The van der Waals surface area contributed by atoms with Gasteiger partial charge in [0.15, 0.2) is 0 Å². The number of ether oxygens (including phenoxy) is 1. The minimum Gasteiger partial charge on any atom is -0.497 e. The van der Waals surface area contributed by atoms with Crippen LogP contribution in [0.3, 0.4) is 0 Å². The van der Waals surface area contributed by atoms with E-state index in [1.54, 1.807) is 43.5 Å². The zero-order chi connectivity index (χ0) is 20.3. The topological polar surface area (TPSA) is 46.6 Å². The Balaban J connectivity index is 2.12. The zero-order valence-electron chi connectivity index (χ0n) is 16.0. The van der Waals surface area contributed by atoms with Crippen LogP contribution in [-0.2, 0) is 10.0 Å². The third kappa shape index (κ3) is 4.16. The Morgan fingerprint density at radius 2 is 1.46 bits per heavy atom. The Bertz CT molecular complexity index is 1030. The lowest BCUT2D eigenvalue weighted by Crippen LogP contribution is -2.33. The van der Waals surface area contributed by atoms with Gasteiger partial charge in [-0.2, -0.15) is 0 Å². The summed E-state index contributed by atoms with van der Waals surface area (Å²) in [6.45, 7) is 3.88. The third-order valence-corrected chi connectivity index (χ3v) is 6.77. The number of hydrogen-bond acceptors (Lipinski definition) is 3. The molecule has 1 atom stereocenters. The average molecular weight is 416 g/mol. The van der Waals surface area contributed by atoms with E-state index in [1.807, 2.05) is 38.1 Å². The first-order valence-electron chi connectivity index (χ1n) is 8.83. The largest absolute Gasteiger partial charge is 0.497 e. The predicted molar refractivity (Wildman–Crippen MR) is 114 cm³/mol. The lowest BCUT2D eigenvalue weighted by Gasteiger charge is -2.31. The molecule has 0 saturated carbocycles. The van der Waals surface area contributed by atoms with Crippen molar-refractivity contribution >= 4 is 27.3 Å². The van der Waals surface area contributed by atoms with E-state index < -0.39 is 16.1 Å². The number of hydrogen-bond donors (Lipinski definition) is 0. The first-order chi connectivity index (χ1) is 13.3. The van der Waals surface area contributed by atoms with Gasteiger partial charge in [0.2, 0.25) is 0 Å². The van der Waals surface area contributed by atoms with Crippen molar-refractivity contribution in [3.8, 4) is 5.75 Å². The van der Waals surface area contributed by atoms with E-state index in [1.165, 1.54) is 16.4 Å². The quantitative estimate of drug-likeness (QED) is 0.525. The molecule has 3 rings (SSSR count). The number of nitrogens with zero attached hydrogens (tertiary/aromatic N) is 1. The maximum absolute atomic E-state index is 13.5. The number of anilines is 1. The van der Waals surface area contributed by atoms with E-state index in [0.717, 1.165) is 11.1 Å². The fourth-order valence-corrected chi connectivity index (χ4v) is 4.77. The van der Waals surface area contributed by atoms with E-state index >= 15 is 0 Å². The van der Waals surface area contributed by atoms with Gasteiger partial charge in [0, 0.05) is 5.02 Å². The van der Waals surface area contributed by atoms with Gasteiger partial charge in [0.25, 0.3) is 10.0 Å². The fraction of sp³-hybridized carbons (Fsp3) is 0.182. The van der Waals surface area contributed by atoms with Gasteiger partial charge in [-0.1, -0.05) is 41.4 Å². The van der Waals surface area contributed by atoms with Gasteiger partial charge in [-0.25, -0.2) is 8.42 Å². The van der Waals surface area contributed by atoms with Crippen LogP contribution in [0.1, 0.15) is 24.1 Å². The summed E-state index contributed by atoms with van der Waals surface area (Å²) in [5, 5.41) is 0.488. The zero-order valence-corrected chi connectivity index (χ0v) is 17.5. The normalized spacial score (nSPS) is 12.4. The van der Waals surface area contributed by atoms with Crippen LogP contribution in [0.25, 0.3) is 0 Å². The van der Waals surface area contributed by atoms with Gasteiger partial charge >= 0.3 is 0 Å². The first-order valence-corrected chi connectivity index (χ1v) is 10.7. The Morgan fingerprint density at radius 1 is 0.893 bits per heavy atom. The highest BCUT2D eigenvalue weighted by Gasteiger charge is 2.30. The standard InChI is InChI=1S/C22H22ClNO3S/c1-16-4-6-18(7-5-16)17(2)24(20-10-12-21(27-3)13-11-20)28(25,26)22-14-8-19(23)9-15-22/h4-15,17H,1-3H3. The molecule has 146 valence electrons. The second-order valence-corrected chi connectivity index (χ2v) is 8.79. The van der Waals surface area contributed by atoms with Crippen molar-refractivity contribution in [2.45, 2.75) is 24.8 Å². The minimum atomic E-state index is -3.81. The molecule has 0 saturated heterocycles. The number of halogens is 1. The number of rotatable bonds is 6. The van der Waals surface area contributed by atoms with E-state index in [9.17, 15) is 8.42 Å². The van der Waals surface area contributed by atoms with Gasteiger partial charge in [-0.05, 0) is 67.9 Å². The SMILES string of the molecule is COc1ccc(N(C(C)c2ccc(C)cc2)S(=O)(=O)c2ccc(Cl)cc2)cc1. The molecule has 0 spiro atoms. The summed E-state index contributed by atoms with van der Waals surface area (Å²) in [7, 11) is -2.24. The lowest BCUT2D eigenvalue weighted by molar-refractivity contribution is 0.415. The molecule has 3 aromatic carbocycles. The molecule has 0 bridgehead atoms. The predicted octanol–water partition coefficient (Wildman–Crippen LogP) is 5.61. The second kappa shape index (κ2) is 8.25. The maximum Gasteiger partial charge on any atom is 0.264 e. The molecule has 0 aliphatic rings.